The van der Waals surface area contributed by atoms with E-state index in [1.165, 1.54) is 4.90 Å². The lowest BCUT2D eigenvalue weighted by atomic mass is 10.1. The number of nitrogens with zero attached hydrogens (tertiary/aromatic N) is 3. The third kappa shape index (κ3) is 3.09. The predicted octanol–water partition coefficient (Wildman–Crippen LogP) is 2.00. The van der Waals surface area contributed by atoms with Crippen LogP contribution in [0.3, 0.4) is 0 Å². The maximum atomic E-state index is 13.4. The van der Waals surface area contributed by atoms with Crippen molar-refractivity contribution >= 4 is 5.91 Å². The highest BCUT2D eigenvalue weighted by atomic mass is 19.4. The number of halogens is 4. The van der Waals surface area contributed by atoms with Gasteiger partial charge in [0.1, 0.15) is 11.9 Å². The maximum Gasteiger partial charge on any atom is 0.417 e. The number of aromatic nitrogens is 2. The lowest BCUT2D eigenvalue weighted by molar-refractivity contribution is -0.137. The number of amides is 1. The van der Waals surface area contributed by atoms with Gasteiger partial charge in [0.05, 0.1) is 12.1 Å². The van der Waals surface area contributed by atoms with E-state index in [-0.39, 0.29) is 30.7 Å². The van der Waals surface area contributed by atoms with E-state index in [0.717, 1.165) is 6.07 Å². The molecule has 0 aliphatic carbocycles. The molecule has 0 bridgehead atoms. The van der Waals surface area contributed by atoms with E-state index < -0.39 is 29.2 Å². The van der Waals surface area contributed by atoms with Crippen molar-refractivity contribution in [2.75, 3.05) is 20.1 Å². The lowest BCUT2D eigenvalue weighted by Gasteiger charge is -2.28. The molecule has 1 atom stereocenters. The number of likely N-dealkylation sites (N-methyl/N-ethyl adjacent to an activating group) is 1. The number of rotatable bonds is 2. The van der Waals surface area contributed by atoms with Crippen molar-refractivity contribution in [3.05, 3.63) is 35.5 Å². The molecular formula is C14H12F4N4O2. The fourth-order valence-electron chi connectivity index (χ4n) is 2.39. The van der Waals surface area contributed by atoms with Crippen LogP contribution in [0.15, 0.2) is 22.7 Å². The van der Waals surface area contributed by atoms with E-state index in [0.29, 0.717) is 12.1 Å². The van der Waals surface area contributed by atoms with Gasteiger partial charge in [0.2, 0.25) is 17.6 Å². The number of benzene rings is 1. The van der Waals surface area contributed by atoms with Crippen molar-refractivity contribution in [3.8, 4) is 11.4 Å². The summed E-state index contributed by atoms with van der Waals surface area (Å²) in [5, 5.41) is 6.38. The summed E-state index contributed by atoms with van der Waals surface area (Å²) in [7, 11) is 1.59. The molecule has 2 heterocycles. The van der Waals surface area contributed by atoms with Crippen molar-refractivity contribution in [3.63, 3.8) is 0 Å². The number of carbonyl (C=O) groups excluding carboxylic acids is 1. The van der Waals surface area contributed by atoms with Crippen LogP contribution in [0.4, 0.5) is 17.6 Å². The number of nitrogens with one attached hydrogen (secondary N) is 1. The van der Waals surface area contributed by atoms with E-state index in [9.17, 15) is 22.4 Å². The van der Waals surface area contributed by atoms with Gasteiger partial charge < -0.3 is 9.42 Å². The SMILES string of the molecule is CN1CC(c2nc(-c3cc(F)ccc3C(F)(F)F)no2)NCC1=O. The fraction of sp³-hybridized carbons (Fsp3) is 0.357. The molecule has 1 amide bonds. The molecule has 128 valence electrons. The van der Waals surface area contributed by atoms with E-state index in [2.05, 4.69) is 15.5 Å². The van der Waals surface area contributed by atoms with Gasteiger partial charge >= 0.3 is 6.18 Å². The molecule has 1 unspecified atom stereocenters. The average molecular weight is 344 g/mol. The highest BCUT2D eigenvalue weighted by Gasteiger charge is 2.36. The molecular weight excluding hydrogens is 332 g/mol. The zero-order valence-corrected chi connectivity index (χ0v) is 12.4. The van der Waals surface area contributed by atoms with E-state index in [4.69, 9.17) is 4.52 Å². The zero-order chi connectivity index (χ0) is 17.5. The number of piperazine rings is 1. The van der Waals surface area contributed by atoms with E-state index in [1.54, 1.807) is 7.05 Å². The molecule has 1 aliphatic heterocycles. The molecule has 1 fully saturated rings. The van der Waals surface area contributed by atoms with Crippen molar-refractivity contribution in [2.24, 2.45) is 0 Å². The normalized spacial score (nSPS) is 19.0. The van der Waals surface area contributed by atoms with Crippen LogP contribution in [0.5, 0.6) is 0 Å². The minimum atomic E-state index is -4.68. The van der Waals surface area contributed by atoms with Crippen LogP contribution in [0.1, 0.15) is 17.5 Å². The van der Waals surface area contributed by atoms with Crippen molar-refractivity contribution in [2.45, 2.75) is 12.2 Å². The smallest absolute Gasteiger partial charge is 0.343 e. The Morgan fingerprint density at radius 2 is 2.12 bits per heavy atom. The lowest BCUT2D eigenvalue weighted by Crippen LogP contribution is -2.47. The quantitative estimate of drug-likeness (QED) is 0.844. The van der Waals surface area contributed by atoms with Crippen LogP contribution in [0, 0.1) is 5.82 Å². The van der Waals surface area contributed by atoms with Crippen LogP contribution in [0.25, 0.3) is 11.4 Å². The first-order chi connectivity index (χ1) is 11.3. The Hall–Kier alpha value is -2.49. The predicted molar refractivity (Wildman–Crippen MR) is 73.1 cm³/mol. The molecule has 6 nitrogen and oxygen atoms in total. The molecule has 2 aromatic rings. The second-order valence-electron chi connectivity index (χ2n) is 5.35. The molecule has 1 aromatic carbocycles. The second kappa shape index (κ2) is 5.86. The van der Waals surface area contributed by atoms with Crippen LogP contribution in [-0.4, -0.2) is 41.1 Å². The molecule has 1 saturated heterocycles. The minimum Gasteiger partial charge on any atom is -0.343 e. The van der Waals surface area contributed by atoms with Gasteiger partial charge in [0.15, 0.2) is 0 Å². The Morgan fingerprint density at radius 1 is 1.38 bits per heavy atom. The van der Waals surface area contributed by atoms with Crippen LogP contribution >= 0.6 is 0 Å². The second-order valence-corrected chi connectivity index (χ2v) is 5.35. The Balaban J connectivity index is 1.94. The largest absolute Gasteiger partial charge is 0.417 e. The zero-order valence-electron chi connectivity index (χ0n) is 12.4. The Labute approximate surface area is 133 Å². The van der Waals surface area contributed by atoms with Crippen LogP contribution in [0.2, 0.25) is 0 Å². The molecule has 24 heavy (non-hydrogen) atoms. The van der Waals surface area contributed by atoms with Gasteiger partial charge in [-0.05, 0) is 18.2 Å². The van der Waals surface area contributed by atoms with Gasteiger partial charge in [-0.25, -0.2) is 4.39 Å². The molecule has 10 heteroatoms. The van der Waals surface area contributed by atoms with Gasteiger partial charge in [-0.1, -0.05) is 5.16 Å². The molecule has 1 N–H and O–H groups in total. The summed E-state index contributed by atoms with van der Waals surface area (Å²) in [5.41, 5.74) is -1.56. The number of hydrogen-bond donors (Lipinski definition) is 1. The minimum absolute atomic E-state index is 0.0294. The van der Waals surface area contributed by atoms with Gasteiger partial charge in [-0.3, -0.25) is 10.1 Å². The third-order valence-corrected chi connectivity index (χ3v) is 3.65. The first-order valence-corrected chi connectivity index (χ1v) is 6.94. The first kappa shape index (κ1) is 16.4. The van der Waals surface area contributed by atoms with E-state index in [1.807, 2.05) is 0 Å². The first-order valence-electron chi connectivity index (χ1n) is 6.94. The van der Waals surface area contributed by atoms with E-state index >= 15 is 0 Å². The van der Waals surface area contributed by atoms with Gasteiger partial charge in [-0.15, -0.1) is 0 Å². The molecule has 0 radical (unpaired) electrons. The highest BCUT2D eigenvalue weighted by Crippen LogP contribution is 2.36. The summed E-state index contributed by atoms with van der Waals surface area (Å²) in [5.74, 6) is -1.30. The van der Waals surface area contributed by atoms with Gasteiger partial charge in [0, 0.05) is 19.2 Å². The van der Waals surface area contributed by atoms with Crippen molar-refractivity contribution in [1.29, 1.82) is 0 Å². The molecule has 3 rings (SSSR count). The Bertz CT molecular complexity index is 774. The number of alkyl halides is 3. The van der Waals surface area contributed by atoms with Gasteiger partial charge in [0.25, 0.3) is 0 Å². The summed E-state index contributed by atoms with van der Waals surface area (Å²) in [6.45, 7) is 0.280. The number of hydrogen-bond acceptors (Lipinski definition) is 5. The topological polar surface area (TPSA) is 71.3 Å². The monoisotopic (exact) mass is 344 g/mol. The number of carbonyl (C=O) groups is 1. The molecule has 0 spiro atoms. The summed E-state index contributed by atoms with van der Waals surface area (Å²) < 4.78 is 57.5. The summed E-state index contributed by atoms with van der Waals surface area (Å²) in [6.07, 6.45) is -4.68. The Kier molecular flexibility index (Phi) is 3.99. The molecule has 1 aliphatic rings. The third-order valence-electron chi connectivity index (χ3n) is 3.65. The van der Waals surface area contributed by atoms with Crippen LogP contribution in [-0.2, 0) is 11.0 Å². The Morgan fingerprint density at radius 3 is 2.79 bits per heavy atom. The summed E-state index contributed by atoms with van der Waals surface area (Å²) in [4.78, 5) is 16.8. The fourth-order valence-corrected chi connectivity index (χ4v) is 2.39. The summed E-state index contributed by atoms with van der Waals surface area (Å²) >= 11 is 0. The molecule has 0 saturated carbocycles. The standard InChI is InChI=1S/C14H12F4N4O2/c1-22-6-10(19-5-11(22)23)13-20-12(21-24-13)8-4-7(15)2-3-9(8)14(16,17)18/h2-4,10,19H,5-6H2,1H3. The van der Waals surface area contributed by atoms with Crippen molar-refractivity contribution in [1.82, 2.24) is 20.4 Å². The highest BCUT2D eigenvalue weighted by molar-refractivity contribution is 5.78. The maximum absolute atomic E-state index is 13.4. The average Bonchev–Trinajstić information content (AvgIpc) is 2.98. The van der Waals surface area contributed by atoms with Crippen LogP contribution < -0.4 is 5.32 Å². The van der Waals surface area contributed by atoms with Crippen molar-refractivity contribution < 1.29 is 26.9 Å². The van der Waals surface area contributed by atoms with Gasteiger partial charge in [-0.2, -0.15) is 18.2 Å². The molecule has 1 aromatic heterocycles. The summed E-state index contributed by atoms with van der Waals surface area (Å²) in [6, 6.07) is 1.56.